The molecule has 2 rings (SSSR count). The van der Waals surface area contributed by atoms with E-state index >= 15 is 0 Å². The maximum atomic E-state index is 12.6. The molecule has 0 aromatic heterocycles. The third-order valence-corrected chi connectivity index (χ3v) is 4.07. The Labute approximate surface area is 115 Å². The van der Waals surface area contributed by atoms with E-state index in [0.717, 1.165) is 51.9 Å². The van der Waals surface area contributed by atoms with Gasteiger partial charge in [-0.25, -0.2) is 0 Å². The van der Waals surface area contributed by atoms with Gasteiger partial charge >= 0.3 is 0 Å². The summed E-state index contributed by atoms with van der Waals surface area (Å²) in [6.07, 6.45) is 5.12. The normalized spacial score (nSPS) is 25.5. The van der Waals surface area contributed by atoms with Crippen LogP contribution >= 0.6 is 0 Å². The van der Waals surface area contributed by atoms with Crippen LogP contribution in [-0.2, 0) is 9.53 Å². The summed E-state index contributed by atoms with van der Waals surface area (Å²) in [7, 11) is 0. The first-order valence-electron chi connectivity index (χ1n) is 7.54. The largest absolute Gasteiger partial charge is 0.396 e. The van der Waals surface area contributed by atoms with Crippen molar-refractivity contribution in [2.24, 2.45) is 0 Å². The highest BCUT2D eigenvalue weighted by Crippen LogP contribution is 2.20. The highest BCUT2D eigenvalue weighted by atomic mass is 16.5. The summed E-state index contributed by atoms with van der Waals surface area (Å²) in [6, 6.07) is 0.0607. The van der Waals surface area contributed by atoms with E-state index in [-0.39, 0.29) is 18.6 Å². The lowest BCUT2D eigenvalue weighted by molar-refractivity contribution is -0.142. The number of amides is 1. The molecule has 0 aliphatic carbocycles. The van der Waals surface area contributed by atoms with E-state index in [1.54, 1.807) is 0 Å². The number of hydrogen-bond donors (Lipinski definition) is 1. The topological polar surface area (TPSA) is 53.0 Å². The van der Waals surface area contributed by atoms with Gasteiger partial charge in [-0.1, -0.05) is 6.42 Å². The van der Waals surface area contributed by atoms with Crippen LogP contribution in [0.1, 0.15) is 32.1 Å². The van der Waals surface area contributed by atoms with Gasteiger partial charge in [0.15, 0.2) is 0 Å². The van der Waals surface area contributed by atoms with Gasteiger partial charge in [0, 0.05) is 19.7 Å². The zero-order chi connectivity index (χ0) is 13.5. The van der Waals surface area contributed by atoms with Crippen molar-refractivity contribution in [3.63, 3.8) is 0 Å². The third-order valence-electron chi connectivity index (χ3n) is 4.07. The number of carbonyl (C=O) groups is 1. The maximum absolute atomic E-state index is 12.6. The van der Waals surface area contributed by atoms with Crippen LogP contribution in [0.5, 0.6) is 0 Å². The predicted octanol–water partition coefficient (Wildman–Crippen LogP) is 0.472. The first kappa shape index (κ1) is 14.8. The van der Waals surface area contributed by atoms with Crippen LogP contribution in [0.3, 0.4) is 0 Å². The van der Waals surface area contributed by atoms with Gasteiger partial charge in [-0.15, -0.1) is 0 Å². The van der Waals surface area contributed by atoms with Crippen LogP contribution in [0, 0.1) is 0 Å². The Bertz CT molecular complexity index is 280. The second kappa shape index (κ2) is 7.82. The molecule has 2 saturated heterocycles. The number of nitrogens with zero attached hydrogens (tertiary/aromatic N) is 2. The molecule has 1 amide bonds. The average molecular weight is 270 g/mol. The van der Waals surface area contributed by atoms with E-state index < -0.39 is 0 Å². The molecule has 2 aliphatic heterocycles. The van der Waals surface area contributed by atoms with Crippen LogP contribution in [0.2, 0.25) is 0 Å². The molecule has 19 heavy (non-hydrogen) atoms. The van der Waals surface area contributed by atoms with Gasteiger partial charge in [0.2, 0.25) is 5.91 Å². The van der Waals surface area contributed by atoms with Crippen LogP contribution in [0.4, 0.5) is 0 Å². The van der Waals surface area contributed by atoms with Crippen molar-refractivity contribution in [1.82, 2.24) is 9.80 Å². The molecular formula is C14H26N2O3. The number of likely N-dealkylation sites (tertiary alicyclic amines) is 1. The number of carbonyl (C=O) groups excluding carboxylic acids is 1. The van der Waals surface area contributed by atoms with Crippen LogP contribution in [0.25, 0.3) is 0 Å². The number of rotatable bonds is 5. The van der Waals surface area contributed by atoms with Crippen molar-refractivity contribution in [2.75, 3.05) is 46.0 Å². The summed E-state index contributed by atoms with van der Waals surface area (Å²) >= 11 is 0. The SMILES string of the molecule is O=C(C1CCCCN1CCCCO)N1CCOCC1. The number of morpholine rings is 1. The molecule has 0 bridgehead atoms. The molecule has 2 heterocycles. The second-order valence-corrected chi connectivity index (χ2v) is 5.42. The number of aliphatic hydroxyl groups is 1. The number of aliphatic hydroxyl groups excluding tert-OH is 1. The molecule has 5 nitrogen and oxygen atoms in total. The van der Waals surface area contributed by atoms with Gasteiger partial charge < -0.3 is 14.7 Å². The molecule has 0 saturated carbocycles. The Balaban J connectivity index is 1.88. The Morgan fingerprint density at radius 3 is 2.68 bits per heavy atom. The Morgan fingerprint density at radius 2 is 1.95 bits per heavy atom. The van der Waals surface area contributed by atoms with Crippen molar-refractivity contribution < 1.29 is 14.6 Å². The van der Waals surface area contributed by atoms with Crippen molar-refractivity contribution in [3.8, 4) is 0 Å². The summed E-state index contributed by atoms with van der Waals surface area (Å²) < 4.78 is 5.31. The highest BCUT2D eigenvalue weighted by Gasteiger charge is 2.32. The lowest BCUT2D eigenvalue weighted by Gasteiger charge is -2.38. The molecule has 0 radical (unpaired) electrons. The molecule has 110 valence electrons. The quantitative estimate of drug-likeness (QED) is 0.738. The molecule has 2 aliphatic rings. The van der Waals surface area contributed by atoms with Gasteiger partial charge in [0.05, 0.1) is 19.3 Å². The van der Waals surface area contributed by atoms with E-state index in [4.69, 9.17) is 9.84 Å². The summed E-state index contributed by atoms with van der Waals surface area (Å²) in [5.41, 5.74) is 0. The van der Waals surface area contributed by atoms with E-state index in [0.29, 0.717) is 13.2 Å². The number of hydrogen-bond acceptors (Lipinski definition) is 4. The van der Waals surface area contributed by atoms with Crippen LogP contribution in [0.15, 0.2) is 0 Å². The monoisotopic (exact) mass is 270 g/mol. The summed E-state index contributed by atoms with van der Waals surface area (Å²) in [4.78, 5) is 16.8. The van der Waals surface area contributed by atoms with Gasteiger partial charge in [0.1, 0.15) is 0 Å². The molecule has 0 spiro atoms. The molecule has 1 atom stereocenters. The molecule has 0 aromatic rings. The fraction of sp³-hybridized carbons (Fsp3) is 0.929. The average Bonchev–Trinajstić information content (AvgIpc) is 2.48. The van der Waals surface area contributed by atoms with Gasteiger partial charge in [0.25, 0.3) is 0 Å². The first-order valence-corrected chi connectivity index (χ1v) is 7.54. The minimum absolute atomic E-state index is 0.0607. The number of piperidine rings is 1. The molecule has 2 fully saturated rings. The summed E-state index contributed by atoms with van der Waals surface area (Å²) in [5, 5.41) is 8.87. The van der Waals surface area contributed by atoms with Crippen LogP contribution in [-0.4, -0.2) is 72.9 Å². The summed E-state index contributed by atoms with van der Waals surface area (Å²) in [6.45, 7) is 5.01. The molecule has 1 unspecified atom stereocenters. The van der Waals surface area contributed by atoms with Crippen molar-refractivity contribution >= 4 is 5.91 Å². The standard InChI is InChI=1S/C14H26N2O3/c17-10-4-3-7-15-6-2-1-5-13(15)14(18)16-8-11-19-12-9-16/h13,17H,1-12H2. The number of unbranched alkanes of at least 4 members (excludes halogenated alkanes) is 1. The van der Waals surface area contributed by atoms with Gasteiger partial charge in [-0.05, 0) is 38.8 Å². The zero-order valence-corrected chi connectivity index (χ0v) is 11.7. The number of ether oxygens (including phenoxy) is 1. The fourth-order valence-electron chi connectivity index (χ4n) is 2.96. The summed E-state index contributed by atoms with van der Waals surface area (Å²) in [5.74, 6) is 0.284. The van der Waals surface area contributed by atoms with Gasteiger partial charge in [-0.2, -0.15) is 0 Å². The van der Waals surface area contributed by atoms with Crippen molar-refractivity contribution in [3.05, 3.63) is 0 Å². The Hall–Kier alpha value is -0.650. The Kier molecular flexibility index (Phi) is 6.07. The van der Waals surface area contributed by atoms with Crippen molar-refractivity contribution in [1.29, 1.82) is 0 Å². The molecule has 5 heteroatoms. The maximum Gasteiger partial charge on any atom is 0.240 e. The van der Waals surface area contributed by atoms with E-state index in [1.165, 1.54) is 6.42 Å². The zero-order valence-electron chi connectivity index (χ0n) is 11.7. The van der Waals surface area contributed by atoms with E-state index in [2.05, 4.69) is 4.90 Å². The molecule has 1 N–H and O–H groups in total. The van der Waals surface area contributed by atoms with E-state index in [1.807, 2.05) is 4.90 Å². The second-order valence-electron chi connectivity index (χ2n) is 5.42. The fourth-order valence-corrected chi connectivity index (χ4v) is 2.96. The molecular weight excluding hydrogens is 244 g/mol. The highest BCUT2D eigenvalue weighted by molar-refractivity contribution is 5.82. The smallest absolute Gasteiger partial charge is 0.240 e. The molecule has 0 aromatic carbocycles. The van der Waals surface area contributed by atoms with E-state index in [9.17, 15) is 4.79 Å². The third kappa shape index (κ3) is 4.16. The predicted molar refractivity (Wildman–Crippen MR) is 72.9 cm³/mol. The minimum Gasteiger partial charge on any atom is -0.396 e. The Morgan fingerprint density at radius 1 is 1.16 bits per heavy atom. The van der Waals surface area contributed by atoms with Crippen molar-refractivity contribution in [2.45, 2.75) is 38.1 Å². The minimum atomic E-state index is 0.0607. The van der Waals surface area contributed by atoms with Crippen LogP contribution < -0.4 is 0 Å². The lowest BCUT2D eigenvalue weighted by atomic mass is 10.00. The van der Waals surface area contributed by atoms with Gasteiger partial charge in [-0.3, -0.25) is 9.69 Å². The first-order chi connectivity index (χ1) is 9.33. The lowest BCUT2D eigenvalue weighted by Crippen LogP contribution is -2.53.